The van der Waals surface area contributed by atoms with Crippen LogP contribution in [0.2, 0.25) is 0 Å². The normalized spacial score (nSPS) is 18.7. The molecule has 0 amide bonds. The predicted octanol–water partition coefficient (Wildman–Crippen LogP) is 37.2. The summed E-state index contributed by atoms with van der Waals surface area (Å²) >= 11 is 71.0. The SMILES string of the molecule is II(I)I(I)I(I)I(I)I(I)I(I)I(I)I(I)I(I)I(I)I(I)I(I)I(I)I(I)I(I)I(I)I(I)I(I)I(I)I(I)I. The molecular weight excluding hydrogens is 5330 g/mol. The Morgan fingerprint density at radius 2 is 0.190 bits per heavy atom. The molecule has 0 aromatic rings. The van der Waals surface area contributed by atoms with Crippen molar-refractivity contribution in [3.63, 3.8) is 0 Å². The topological polar surface area (TPSA) is 0 Å². The second-order valence-electron chi connectivity index (χ2n) is 3.24. The van der Waals surface area contributed by atoms with E-state index in [1.807, 2.05) is 0 Å². The van der Waals surface area contributed by atoms with E-state index in [9.17, 15) is 0 Å². The quantitative estimate of drug-likeness (QED) is 0.113. The van der Waals surface area contributed by atoms with E-state index in [-0.39, 0.29) is 0 Å². The van der Waals surface area contributed by atoms with E-state index in [2.05, 4.69) is 410 Å². The van der Waals surface area contributed by atoms with Gasteiger partial charge in [-0.3, -0.25) is 0 Å². The summed E-state index contributed by atoms with van der Waals surface area (Å²) in [4.78, 5) is 0. The van der Waals surface area contributed by atoms with E-state index in [1.165, 1.54) is 0 Å². The summed E-state index contributed by atoms with van der Waals surface area (Å²) in [5, 5.41) is 0. The molecule has 0 aromatic heterocycles. The van der Waals surface area contributed by atoms with Crippen LogP contribution in [0.3, 0.4) is 0 Å². The molecule has 294 valence electrons. The van der Waals surface area contributed by atoms with Crippen molar-refractivity contribution in [3.05, 3.63) is 0 Å². The third kappa shape index (κ3) is 30.1. The fourth-order valence-corrected chi connectivity index (χ4v) is 7540. The van der Waals surface area contributed by atoms with Crippen LogP contribution >= 0.6 is 567 Å². The Kier molecular flexibility index (Phi) is 75.3. The Bertz CT molecular complexity index is 645. The van der Waals surface area contributed by atoms with Gasteiger partial charge in [0, 0.05) is 0 Å². The second kappa shape index (κ2) is 43.5. The Morgan fingerprint density at radius 1 is 0.119 bits per heavy atom. The van der Waals surface area contributed by atoms with Crippen LogP contribution < -0.4 is 0 Å². The Morgan fingerprint density at radius 3 is 0.262 bits per heavy atom. The first-order valence-electron chi connectivity index (χ1n) is 5.86. The van der Waals surface area contributed by atoms with Crippen LogP contribution in [0.5, 0.6) is 0 Å². The zero-order valence-electron chi connectivity index (χ0n) is 15.9. The maximum atomic E-state index is 3.35. The van der Waals surface area contributed by atoms with Gasteiger partial charge in [0.05, 0.1) is 0 Å². The molecular formula is I42. The van der Waals surface area contributed by atoms with Crippen molar-refractivity contribution in [2.45, 2.75) is 0 Å². The molecule has 42 heavy (non-hydrogen) atoms. The van der Waals surface area contributed by atoms with Crippen molar-refractivity contribution in [1.82, 2.24) is 0 Å². The van der Waals surface area contributed by atoms with E-state index < -0.39 is 158 Å². The fourth-order valence-electron chi connectivity index (χ4n) is 0.555. The van der Waals surface area contributed by atoms with Crippen molar-refractivity contribution in [3.8, 4) is 0 Å². The molecule has 0 radical (unpaired) electrons. The van der Waals surface area contributed by atoms with Crippen molar-refractivity contribution >= 4 is 567 Å². The third-order valence-corrected chi connectivity index (χ3v) is 3140. The van der Waals surface area contributed by atoms with Gasteiger partial charge >= 0.3 is 567 Å². The Labute approximate surface area is 534 Å². The molecule has 0 spiro atoms. The molecule has 42 heteroatoms. The van der Waals surface area contributed by atoms with Gasteiger partial charge < -0.3 is 0 Å². The zero-order valence-corrected chi connectivity index (χ0v) is 106. The number of hydrogen-bond donors (Lipinski definition) is 0. The zero-order chi connectivity index (χ0) is 33.5. The van der Waals surface area contributed by atoms with Gasteiger partial charge in [-0.25, -0.2) is 0 Å². The summed E-state index contributed by atoms with van der Waals surface area (Å²) in [5.74, 6) is 0. The van der Waals surface area contributed by atoms with E-state index in [0.717, 1.165) is 0 Å². The van der Waals surface area contributed by atoms with Gasteiger partial charge in [-0.1, -0.05) is 0 Å². The van der Waals surface area contributed by atoms with Crippen molar-refractivity contribution in [2.75, 3.05) is 0 Å². The van der Waals surface area contributed by atoms with Crippen molar-refractivity contribution < 1.29 is 0 Å². The standard InChI is InChI=1S/I42/c1-23(2)25(5)27(7)29(9)31(11)33(13)35(15)37(17)39(19)41(21)42(22)40(20)38(18)36(16)34(14)32(12)30(10)28(8)26(6)24(3)4. The molecule has 0 nitrogen and oxygen atoms in total. The number of rotatable bonds is 19. The average molecular weight is 5330 g/mol. The van der Waals surface area contributed by atoms with Crippen LogP contribution in [-0.4, -0.2) is 0 Å². The summed E-state index contributed by atoms with van der Waals surface area (Å²) < 4.78 is 0. The van der Waals surface area contributed by atoms with Gasteiger partial charge in [0.25, 0.3) is 0 Å². The minimum absolute atomic E-state index is 0.454. The number of halogens is 42. The van der Waals surface area contributed by atoms with Crippen LogP contribution in [-0.2, 0) is 0 Å². The summed E-state index contributed by atoms with van der Waals surface area (Å²) in [6.45, 7) is 0. The fraction of sp³-hybridized carbons (Fsp3) is 0. The molecule has 0 heterocycles. The molecule has 0 atom stereocenters. The molecule has 0 aliphatic carbocycles. The molecule has 0 aromatic carbocycles. The van der Waals surface area contributed by atoms with Crippen molar-refractivity contribution in [2.24, 2.45) is 0 Å². The Hall–Kier alpha value is 30.7. The van der Waals surface area contributed by atoms with E-state index >= 15 is 0 Å². The molecule has 0 aliphatic heterocycles. The molecule has 0 unspecified atom stereocenters. The van der Waals surface area contributed by atoms with E-state index in [1.54, 1.807) is 0 Å². The number of hydrogen-bond acceptors (Lipinski definition) is 0. The van der Waals surface area contributed by atoms with Crippen molar-refractivity contribution in [1.29, 1.82) is 0 Å². The first-order chi connectivity index (χ1) is 19.0. The van der Waals surface area contributed by atoms with E-state index in [0.29, 0.717) is 0 Å². The molecule has 0 N–H and O–H groups in total. The first-order valence-corrected chi connectivity index (χ1v) is 264. The maximum absolute atomic E-state index is 3.35. The Balaban J connectivity index is 5.44. The summed E-state index contributed by atoms with van der Waals surface area (Å²) in [6, 6.07) is 0. The summed E-state index contributed by atoms with van der Waals surface area (Å²) in [6.07, 6.45) is 0. The molecule has 0 saturated heterocycles. The minimum atomic E-state index is -0.549. The van der Waals surface area contributed by atoms with Crippen LogP contribution in [0, 0.1) is 0 Å². The second-order valence-corrected chi connectivity index (χ2v) is 978. The van der Waals surface area contributed by atoms with Crippen LogP contribution in [0.25, 0.3) is 0 Å². The molecule has 0 aliphatic rings. The third-order valence-electron chi connectivity index (χ3n) is 1.55. The van der Waals surface area contributed by atoms with Gasteiger partial charge in [0.2, 0.25) is 0 Å². The van der Waals surface area contributed by atoms with Crippen LogP contribution in [0.1, 0.15) is 0 Å². The van der Waals surface area contributed by atoms with Crippen LogP contribution in [0.4, 0.5) is 0 Å². The molecule has 0 bridgehead atoms. The molecule has 0 saturated carbocycles. The summed E-state index contributed by atoms with van der Waals surface area (Å²) in [5.41, 5.74) is 0. The average Bonchev–Trinajstić information content (AvgIpc) is 2.97. The monoisotopic (exact) mass is 5330 g/mol. The predicted molar refractivity (Wildman–Crippen MR) is 589 cm³/mol. The molecule has 0 rings (SSSR count). The van der Waals surface area contributed by atoms with Gasteiger partial charge in [0.1, 0.15) is 0 Å². The van der Waals surface area contributed by atoms with Gasteiger partial charge in [0.15, 0.2) is 0 Å². The van der Waals surface area contributed by atoms with Gasteiger partial charge in [-0.15, -0.1) is 0 Å². The van der Waals surface area contributed by atoms with Crippen LogP contribution in [0.15, 0.2) is 0 Å². The van der Waals surface area contributed by atoms with E-state index in [4.69, 9.17) is 0 Å². The first kappa shape index (κ1) is 72.7. The van der Waals surface area contributed by atoms with Gasteiger partial charge in [-0.2, -0.15) is 0 Å². The summed E-state index contributed by atoms with van der Waals surface area (Å²) in [7, 11) is -10.2. The van der Waals surface area contributed by atoms with Gasteiger partial charge in [-0.05, 0) is 0 Å². The molecule has 0 fully saturated rings.